The Kier molecular flexibility index (Phi) is 9.31. The van der Waals surface area contributed by atoms with Gasteiger partial charge < -0.3 is 19.9 Å². The van der Waals surface area contributed by atoms with Gasteiger partial charge in [0, 0.05) is 75.4 Å². The van der Waals surface area contributed by atoms with Gasteiger partial charge in [0.1, 0.15) is 0 Å². The molecule has 4 rings (SSSR count). The lowest BCUT2D eigenvalue weighted by Crippen LogP contribution is -2.40. The summed E-state index contributed by atoms with van der Waals surface area (Å²) < 4.78 is 5.62. The zero-order valence-corrected chi connectivity index (χ0v) is 20.9. The van der Waals surface area contributed by atoms with Crippen LogP contribution < -0.4 is 10.2 Å². The van der Waals surface area contributed by atoms with Crippen molar-refractivity contribution in [2.45, 2.75) is 70.9 Å². The van der Waals surface area contributed by atoms with Gasteiger partial charge >= 0.3 is 0 Å². The van der Waals surface area contributed by atoms with Crippen LogP contribution in [0.15, 0.2) is 30.7 Å². The number of carbonyl (C=O) groups is 2. The fourth-order valence-electron chi connectivity index (χ4n) is 5.17. The predicted molar refractivity (Wildman–Crippen MR) is 136 cm³/mol. The summed E-state index contributed by atoms with van der Waals surface area (Å²) in [4.78, 5) is 37.2. The van der Waals surface area contributed by atoms with Gasteiger partial charge in [0.05, 0.1) is 6.33 Å². The quantitative estimate of drug-likeness (QED) is 0.680. The lowest BCUT2D eigenvalue weighted by molar-refractivity contribution is -0.116. The van der Waals surface area contributed by atoms with Gasteiger partial charge in [-0.1, -0.05) is 19.3 Å². The molecule has 35 heavy (non-hydrogen) atoms. The number of nitrogens with one attached hydrogen (secondary N) is 2. The molecule has 2 aromatic rings. The summed E-state index contributed by atoms with van der Waals surface area (Å²) in [7, 11) is 0. The second kappa shape index (κ2) is 12.8. The summed E-state index contributed by atoms with van der Waals surface area (Å²) in [6, 6.07) is 6.28. The standard InChI is InChI=1S/C27H39N5O3/c1-21(33)32-14-6-4-2-3-5-13-31(25-10-15-35-16-11-25)19-23-17-22(7-8-26(23)32)27(34)29-12-9-24-18-28-20-30-24/h7-8,17-18,20,25H,2-6,9-16,19H2,1H3,(H,28,30)(H,29,34). The van der Waals surface area contributed by atoms with Crippen LogP contribution in [0, 0.1) is 0 Å². The Hall–Kier alpha value is -2.71. The second-order valence-electron chi connectivity index (χ2n) is 9.68. The first kappa shape index (κ1) is 25.4. The molecule has 1 fully saturated rings. The number of hydrogen-bond donors (Lipinski definition) is 2. The Bertz CT molecular complexity index is 956. The van der Waals surface area contributed by atoms with Gasteiger partial charge in [-0.05, 0) is 56.0 Å². The first-order valence-electron chi connectivity index (χ1n) is 13.1. The molecule has 1 aromatic heterocycles. The van der Waals surface area contributed by atoms with E-state index in [2.05, 4.69) is 20.2 Å². The number of fused-ring (bicyclic) bond motifs is 1. The van der Waals surface area contributed by atoms with Gasteiger partial charge in [0.25, 0.3) is 5.91 Å². The zero-order chi connectivity index (χ0) is 24.5. The summed E-state index contributed by atoms with van der Waals surface area (Å²) in [5, 5.41) is 3.02. The van der Waals surface area contributed by atoms with Gasteiger partial charge in [-0.25, -0.2) is 4.98 Å². The van der Waals surface area contributed by atoms with E-state index in [-0.39, 0.29) is 11.8 Å². The molecule has 2 N–H and O–H groups in total. The number of carbonyl (C=O) groups excluding carboxylic acids is 2. The fraction of sp³-hybridized carbons (Fsp3) is 0.593. The van der Waals surface area contributed by atoms with Crippen molar-refractivity contribution in [1.82, 2.24) is 20.2 Å². The van der Waals surface area contributed by atoms with Gasteiger partial charge in [0.15, 0.2) is 0 Å². The molecule has 2 amide bonds. The largest absolute Gasteiger partial charge is 0.381 e. The van der Waals surface area contributed by atoms with E-state index in [0.717, 1.165) is 75.5 Å². The summed E-state index contributed by atoms with van der Waals surface area (Å²) in [5.41, 5.74) is 3.61. The Morgan fingerprint density at radius 1 is 1.11 bits per heavy atom. The van der Waals surface area contributed by atoms with Crippen molar-refractivity contribution >= 4 is 17.5 Å². The lowest BCUT2D eigenvalue weighted by atomic mass is 10.0. The third-order valence-corrected chi connectivity index (χ3v) is 7.16. The summed E-state index contributed by atoms with van der Waals surface area (Å²) in [5.74, 6) is -0.0388. The van der Waals surface area contributed by atoms with E-state index in [9.17, 15) is 9.59 Å². The number of rotatable bonds is 5. The maximum Gasteiger partial charge on any atom is 0.251 e. The number of H-pyrrole nitrogens is 1. The molecule has 0 aliphatic carbocycles. The number of aromatic amines is 1. The van der Waals surface area contributed by atoms with Gasteiger partial charge in [-0.15, -0.1) is 0 Å². The minimum Gasteiger partial charge on any atom is -0.381 e. The van der Waals surface area contributed by atoms with E-state index in [1.54, 1.807) is 19.4 Å². The number of benzene rings is 1. The molecular weight excluding hydrogens is 442 g/mol. The highest BCUT2D eigenvalue weighted by atomic mass is 16.5. The van der Waals surface area contributed by atoms with Crippen LogP contribution in [0.1, 0.15) is 73.5 Å². The van der Waals surface area contributed by atoms with Crippen LogP contribution >= 0.6 is 0 Å². The number of ether oxygens (including phenoxy) is 1. The van der Waals surface area contributed by atoms with Crippen molar-refractivity contribution in [2.24, 2.45) is 0 Å². The van der Waals surface area contributed by atoms with Crippen molar-refractivity contribution < 1.29 is 14.3 Å². The third kappa shape index (κ3) is 7.15. The van der Waals surface area contributed by atoms with E-state index in [1.807, 2.05) is 23.1 Å². The number of nitrogens with zero attached hydrogens (tertiary/aromatic N) is 3. The number of imidazole rings is 1. The third-order valence-electron chi connectivity index (χ3n) is 7.16. The highest BCUT2D eigenvalue weighted by Gasteiger charge is 2.25. The molecule has 3 heterocycles. The Balaban J connectivity index is 1.58. The minimum absolute atomic E-state index is 0.0534. The molecule has 1 aromatic carbocycles. The average molecular weight is 482 g/mol. The van der Waals surface area contributed by atoms with Crippen LogP contribution in [-0.4, -0.2) is 65.6 Å². The van der Waals surface area contributed by atoms with Crippen molar-refractivity contribution in [3.05, 3.63) is 47.5 Å². The SMILES string of the molecule is CC(=O)N1CCCCCCCN(C2CCOCC2)Cc2cc(C(=O)NCCc3cnc[nH]3)ccc21. The summed E-state index contributed by atoms with van der Waals surface area (Å²) in [6.07, 6.45) is 11.9. The van der Waals surface area contributed by atoms with E-state index >= 15 is 0 Å². The zero-order valence-electron chi connectivity index (χ0n) is 20.9. The highest BCUT2D eigenvalue weighted by Crippen LogP contribution is 2.28. The van der Waals surface area contributed by atoms with Crippen molar-refractivity contribution in [3.8, 4) is 0 Å². The Labute approximate surface area is 208 Å². The van der Waals surface area contributed by atoms with Gasteiger partial charge in [-0.2, -0.15) is 0 Å². The van der Waals surface area contributed by atoms with Crippen LogP contribution in [0.3, 0.4) is 0 Å². The van der Waals surface area contributed by atoms with Crippen molar-refractivity contribution in [1.29, 1.82) is 0 Å². The molecule has 1 saturated heterocycles. The van der Waals surface area contributed by atoms with Gasteiger partial charge in [0.2, 0.25) is 5.91 Å². The molecule has 8 nitrogen and oxygen atoms in total. The smallest absolute Gasteiger partial charge is 0.251 e. The molecule has 0 saturated carbocycles. The molecule has 2 aliphatic rings. The maximum atomic E-state index is 13.0. The van der Waals surface area contributed by atoms with E-state index in [0.29, 0.717) is 24.6 Å². The summed E-state index contributed by atoms with van der Waals surface area (Å²) in [6.45, 7) is 6.26. The van der Waals surface area contributed by atoms with Crippen LogP contribution in [0.5, 0.6) is 0 Å². The Morgan fingerprint density at radius 2 is 1.89 bits per heavy atom. The molecule has 0 unspecified atom stereocenters. The molecular formula is C27H39N5O3. The normalized spacial score (nSPS) is 18.8. The second-order valence-corrected chi connectivity index (χ2v) is 9.68. The van der Waals surface area contributed by atoms with Crippen LogP contribution in [0.25, 0.3) is 0 Å². The van der Waals surface area contributed by atoms with E-state index in [4.69, 9.17) is 4.74 Å². The fourth-order valence-corrected chi connectivity index (χ4v) is 5.17. The topological polar surface area (TPSA) is 90.6 Å². The predicted octanol–water partition coefficient (Wildman–Crippen LogP) is 3.68. The monoisotopic (exact) mass is 481 g/mol. The molecule has 8 heteroatoms. The van der Waals surface area contributed by atoms with Crippen molar-refractivity contribution in [2.75, 3.05) is 37.7 Å². The first-order chi connectivity index (χ1) is 17.1. The molecule has 2 aliphatic heterocycles. The Morgan fingerprint density at radius 3 is 2.63 bits per heavy atom. The lowest BCUT2D eigenvalue weighted by Gasteiger charge is -2.36. The molecule has 0 atom stereocenters. The maximum absolute atomic E-state index is 13.0. The van der Waals surface area contributed by atoms with Gasteiger partial charge in [-0.3, -0.25) is 14.5 Å². The molecule has 190 valence electrons. The minimum atomic E-state index is -0.0922. The van der Waals surface area contributed by atoms with E-state index in [1.165, 1.54) is 19.3 Å². The molecule has 0 radical (unpaired) electrons. The number of amides is 2. The van der Waals surface area contributed by atoms with Crippen LogP contribution in [0.4, 0.5) is 5.69 Å². The molecule has 0 bridgehead atoms. The van der Waals surface area contributed by atoms with E-state index < -0.39 is 0 Å². The van der Waals surface area contributed by atoms with Crippen LogP contribution in [0.2, 0.25) is 0 Å². The highest BCUT2D eigenvalue weighted by molar-refractivity contribution is 5.97. The van der Waals surface area contributed by atoms with Crippen LogP contribution in [-0.2, 0) is 22.5 Å². The van der Waals surface area contributed by atoms with Crippen molar-refractivity contribution in [3.63, 3.8) is 0 Å². The number of aromatic nitrogens is 2. The average Bonchev–Trinajstić information content (AvgIpc) is 3.38. The number of hydrogen-bond acceptors (Lipinski definition) is 5. The number of anilines is 1. The summed E-state index contributed by atoms with van der Waals surface area (Å²) >= 11 is 0. The molecule has 0 spiro atoms. The first-order valence-corrected chi connectivity index (χ1v) is 13.1.